The molecule has 1 aliphatic heterocycles. The van der Waals surface area contributed by atoms with Gasteiger partial charge in [0.15, 0.2) is 5.92 Å². The van der Waals surface area contributed by atoms with Crippen molar-refractivity contribution in [2.24, 2.45) is 11.0 Å². The summed E-state index contributed by atoms with van der Waals surface area (Å²) >= 11 is 0. The Labute approximate surface area is 197 Å². The number of hydrazone groups is 1. The highest BCUT2D eigenvalue weighted by Crippen LogP contribution is 2.27. The van der Waals surface area contributed by atoms with Crippen LogP contribution >= 0.6 is 0 Å². The van der Waals surface area contributed by atoms with Crippen LogP contribution in [0, 0.1) is 5.92 Å². The van der Waals surface area contributed by atoms with Gasteiger partial charge in [-0.05, 0) is 43.3 Å². The fourth-order valence-corrected chi connectivity index (χ4v) is 4.34. The van der Waals surface area contributed by atoms with Crippen molar-refractivity contribution >= 4 is 38.9 Å². The first-order valence-electron chi connectivity index (χ1n) is 10.3. The number of anilines is 2. The quantitative estimate of drug-likeness (QED) is 0.542. The SMILES string of the molecule is CC1=NN(c2ccc(S(=O)(=O)N(C)C)cc2)C(=O)C1C(=O)Nc1cccc(-c2cnccn2)c1. The van der Waals surface area contributed by atoms with Crippen molar-refractivity contribution in [3.8, 4) is 11.3 Å². The van der Waals surface area contributed by atoms with E-state index >= 15 is 0 Å². The first-order valence-corrected chi connectivity index (χ1v) is 11.7. The van der Waals surface area contributed by atoms with Crippen molar-refractivity contribution in [1.29, 1.82) is 0 Å². The molecule has 34 heavy (non-hydrogen) atoms. The molecule has 0 saturated carbocycles. The smallest absolute Gasteiger partial charge is 0.265 e. The summed E-state index contributed by atoms with van der Waals surface area (Å²) < 4.78 is 25.6. The van der Waals surface area contributed by atoms with E-state index in [0.717, 1.165) is 14.9 Å². The summed E-state index contributed by atoms with van der Waals surface area (Å²) in [5.74, 6) is -2.15. The van der Waals surface area contributed by atoms with Gasteiger partial charge in [-0.3, -0.25) is 19.6 Å². The second-order valence-corrected chi connectivity index (χ2v) is 9.92. The number of carbonyl (C=O) groups is 2. The third-order valence-electron chi connectivity index (χ3n) is 5.24. The van der Waals surface area contributed by atoms with E-state index in [-0.39, 0.29) is 4.90 Å². The lowest BCUT2D eigenvalue weighted by atomic mass is 10.0. The molecule has 11 heteroatoms. The average molecular weight is 479 g/mol. The molecule has 0 fully saturated rings. The molecule has 1 N–H and O–H groups in total. The van der Waals surface area contributed by atoms with Crippen LogP contribution in [0.1, 0.15) is 6.92 Å². The van der Waals surface area contributed by atoms with E-state index in [2.05, 4.69) is 20.4 Å². The zero-order valence-electron chi connectivity index (χ0n) is 18.7. The molecule has 1 aromatic heterocycles. The Morgan fingerprint density at radius 3 is 2.47 bits per heavy atom. The Morgan fingerprint density at radius 2 is 1.82 bits per heavy atom. The van der Waals surface area contributed by atoms with Gasteiger partial charge < -0.3 is 5.32 Å². The van der Waals surface area contributed by atoms with E-state index in [1.165, 1.54) is 38.4 Å². The first kappa shape index (κ1) is 23.2. The van der Waals surface area contributed by atoms with Gasteiger partial charge in [-0.15, -0.1) is 0 Å². The van der Waals surface area contributed by atoms with Gasteiger partial charge in [0, 0.05) is 37.7 Å². The van der Waals surface area contributed by atoms with Crippen LogP contribution in [0.2, 0.25) is 0 Å². The normalized spacial score (nSPS) is 16.0. The predicted molar refractivity (Wildman–Crippen MR) is 127 cm³/mol. The van der Waals surface area contributed by atoms with Gasteiger partial charge in [-0.2, -0.15) is 10.1 Å². The summed E-state index contributed by atoms with van der Waals surface area (Å²) in [4.78, 5) is 34.4. The number of carbonyl (C=O) groups excluding carboxylic acids is 2. The van der Waals surface area contributed by atoms with E-state index in [4.69, 9.17) is 0 Å². The zero-order chi connectivity index (χ0) is 24.5. The van der Waals surface area contributed by atoms with Crippen LogP contribution in [0.25, 0.3) is 11.3 Å². The average Bonchev–Trinajstić information content (AvgIpc) is 3.13. The number of hydrogen-bond acceptors (Lipinski definition) is 7. The van der Waals surface area contributed by atoms with Gasteiger partial charge in [0.25, 0.3) is 5.91 Å². The van der Waals surface area contributed by atoms with E-state index in [1.807, 2.05) is 6.07 Å². The van der Waals surface area contributed by atoms with Crippen molar-refractivity contribution in [3.05, 3.63) is 67.1 Å². The van der Waals surface area contributed by atoms with Gasteiger partial charge >= 0.3 is 0 Å². The van der Waals surface area contributed by atoms with Crippen LogP contribution in [-0.2, 0) is 19.6 Å². The number of benzene rings is 2. The Balaban J connectivity index is 1.51. The lowest BCUT2D eigenvalue weighted by Gasteiger charge is -2.16. The molecule has 0 radical (unpaired) electrons. The summed E-state index contributed by atoms with van der Waals surface area (Å²) in [5.41, 5.74) is 2.62. The van der Waals surface area contributed by atoms with Crippen molar-refractivity contribution < 1.29 is 18.0 Å². The van der Waals surface area contributed by atoms with Gasteiger partial charge in [0.05, 0.1) is 28.2 Å². The van der Waals surface area contributed by atoms with E-state index in [0.29, 0.717) is 22.8 Å². The second kappa shape index (κ2) is 9.12. The van der Waals surface area contributed by atoms with Crippen LogP contribution in [0.3, 0.4) is 0 Å². The van der Waals surface area contributed by atoms with Gasteiger partial charge in [0.2, 0.25) is 15.9 Å². The fraction of sp³-hybridized carbons (Fsp3) is 0.174. The molecule has 2 aromatic carbocycles. The molecule has 2 amide bonds. The number of rotatable bonds is 6. The van der Waals surface area contributed by atoms with Gasteiger partial charge in [-0.25, -0.2) is 12.7 Å². The highest BCUT2D eigenvalue weighted by molar-refractivity contribution is 7.89. The van der Waals surface area contributed by atoms with Crippen molar-refractivity contribution in [2.45, 2.75) is 11.8 Å². The van der Waals surface area contributed by atoms with Crippen LogP contribution < -0.4 is 10.3 Å². The number of aromatic nitrogens is 2. The summed E-state index contributed by atoms with van der Waals surface area (Å²) in [5, 5.41) is 8.12. The largest absolute Gasteiger partial charge is 0.325 e. The molecule has 0 aliphatic carbocycles. The summed E-state index contributed by atoms with van der Waals surface area (Å²) in [7, 11) is -0.727. The Morgan fingerprint density at radius 1 is 1.09 bits per heavy atom. The minimum Gasteiger partial charge on any atom is -0.325 e. The molecule has 3 aromatic rings. The predicted octanol–water partition coefficient (Wildman–Crippen LogP) is 2.37. The van der Waals surface area contributed by atoms with Gasteiger partial charge in [-0.1, -0.05) is 12.1 Å². The maximum Gasteiger partial charge on any atom is 0.265 e. The number of hydrogen-bond donors (Lipinski definition) is 1. The van der Waals surface area contributed by atoms with Crippen LogP contribution in [0.4, 0.5) is 11.4 Å². The molecule has 10 nitrogen and oxygen atoms in total. The van der Waals surface area contributed by atoms with Crippen LogP contribution in [0.15, 0.2) is 77.1 Å². The highest BCUT2D eigenvalue weighted by atomic mass is 32.2. The van der Waals surface area contributed by atoms with Crippen molar-refractivity contribution in [3.63, 3.8) is 0 Å². The van der Waals surface area contributed by atoms with Crippen LogP contribution in [0.5, 0.6) is 0 Å². The summed E-state index contributed by atoms with van der Waals surface area (Å²) in [6.45, 7) is 1.60. The third kappa shape index (κ3) is 4.43. The number of nitrogens with one attached hydrogen (secondary N) is 1. The Hall–Kier alpha value is -3.96. The molecule has 0 bridgehead atoms. The summed E-state index contributed by atoms with van der Waals surface area (Å²) in [6.07, 6.45) is 4.77. The van der Waals surface area contributed by atoms with Crippen LogP contribution in [-0.4, -0.2) is 54.3 Å². The minimum absolute atomic E-state index is 0.0888. The molecular weight excluding hydrogens is 456 g/mol. The molecule has 0 saturated heterocycles. The van der Waals surface area contributed by atoms with E-state index in [1.54, 1.807) is 43.7 Å². The maximum absolute atomic E-state index is 13.0. The molecular formula is C23H22N6O4S. The van der Waals surface area contributed by atoms with Gasteiger partial charge in [0.1, 0.15) is 0 Å². The van der Waals surface area contributed by atoms with Crippen molar-refractivity contribution in [2.75, 3.05) is 24.4 Å². The first-order chi connectivity index (χ1) is 16.2. The molecule has 1 unspecified atom stereocenters. The molecule has 174 valence electrons. The molecule has 1 aliphatic rings. The zero-order valence-corrected chi connectivity index (χ0v) is 19.5. The lowest BCUT2D eigenvalue weighted by molar-refractivity contribution is -0.127. The molecule has 2 heterocycles. The highest BCUT2D eigenvalue weighted by Gasteiger charge is 2.40. The van der Waals surface area contributed by atoms with Crippen molar-refractivity contribution in [1.82, 2.24) is 14.3 Å². The number of sulfonamides is 1. The Kier molecular flexibility index (Phi) is 6.22. The fourth-order valence-electron chi connectivity index (χ4n) is 3.44. The number of nitrogens with zero attached hydrogens (tertiary/aromatic N) is 5. The standard InChI is InChI=1S/C23H22N6O4S/c1-15-21(22(30)26-17-6-4-5-16(13-17)20-14-24-11-12-25-20)23(31)29(27-15)18-7-9-19(10-8-18)34(32,33)28(2)3/h4-14,21H,1-3H3,(H,26,30). The number of amides is 2. The molecule has 0 spiro atoms. The Bertz CT molecular complexity index is 1370. The maximum atomic E-state index is 13.0. The summed E-state index contributed by atoms with van der Waals surface area (Å²) in [6, 6.07) is 12.8. The molecule has 4 rings (SSSR count). The van der Waals surface area contributed by atoms with E-state index in [9.17, 15) is 18.0 Å². The monoisotopic (exact) mass is 478 g/mol. The third-order valence-corrected chi connectivity index (χ3v) is 7.07. The van der Waals surface area contributed by atoms with E-state index < -0.39 is 27.8 Å². The topological polar surface area (TPSA) is 125 Å². The lowest BCUT2D eigenvalue weighted by Crippen LogP contribution is -2.36. The minimum atomic E-state index is -3.60. The molecule has 1 atom stereocenters. The second-order valence-electron chi connectivity index (χ2n) is 7.77.